The van der Waals surface area contributed by atoms with Crippen molar-refractivity contribution in [3.8, 4) is 0 Å². The SMILES string of the molecule is CCc1ccc(C(C(=O)Nc2c(C)cccc2Cl)N(C)C(=O)CNC(=O)OC(C)(C)C)cc1. The van der Waals surface area contributed by atoms with E-state index in [1.807, 2.05) is 44.2 Å². The van der Waals surface area contributed by atoms with Crippen LogP contribution < -0.4 is 10.6 Å². The lowest BCUT2D eigenvalue weighted by Gasteiger charge is -2.28. The smallest absolute Gasteiger partial charge is 0.408 e. The number of aryl methyl sites for hydroxylation is 2. The van der Waals surface area contributed by atoms with Crippen LogP contribution in [0.3, 0.4) is 0 Å². The molecule has 0 saturated heterocycles. The summed E-state index contributed by atoms with van der Waals surface area (Å²) >= 11 is 6.29. The highest BCUT2D eigenvalue weighted by atomic mass is 35.5. The third-order valence-corrected chi connectivity index (χ3v) is 5.30. The molecule has 0 saturated carbocycles. The predicted molar refractivity (Wildman–Crippen MR) is 130 cm³/mol. The molecular formula is C25H32ClN3O4. The minimum atomic E-state index is -0.931. The number of hydrogen-bond acceptors (Lipinski definition) is 4. The molecule has 0 aromatic heterocycles. The summed E-state index contributed by atoms with van der Waals surface area (Å²) in [5.74, 6) is -0.861. The van der Waals surface area contributed by atoms with Crippen LogP contribution in [0.15, 0.2) is 42.5 Å². The van der Waals surface area contributed by atoms with Crippen LogP contribution in [0.25, 0.3) is 0 Å². The van der Waals surface area contributed by atoms with E-state index >= 15 is 0 Å². The van der Waals surface area contributed by atoms with Gasteiger partial charge in [-0.25, -0.2) is 4.79 Å². The number of carbonyl (C=O) groups is 3. The Balaban J connectivity index is 2.27. The summed E-state index contributed by atoms with van der Waals surface area (Å²) in [6, 6.07) is 11.9. The highest BCUT2D eigenvalue weighted by Gasteiger charge is 2.30. The zero-order valence-electron chi connectivity index (χ0n) is 20.0. The first kappa shape index (κ1) is 26.2. The number of ether oxygens (including phenoxy) is 1. The highest BCUT2D eigenvalue weighted by Crippen LogP contribution is 2.28. The second-order valence-electron chi connectivity index (χ2n) is 8.78. The van der Waals surface area contributed by atoms with Crippen molar-refractivity contribution in [2.24, 2.45) is 0 Å². The van der Waals surface area contributed by atoms with Crippen LogP contribution in [-0.4, -0.2) is 42.0 Å². The molecule has 8 heteroatoms. The number of likely N-dealkylation sites (N-methyl/N-ethyl adjacent to an activating group) is 1. The van der Waals surface area contributed by atoms with E-state index in [4.69, 9.17) is 16.3 Å². The molecule has 0 fully saturated rings. The Morgan fingerprint density at radius 1 is 1.09 bits per heavy atom. The standard InChI is InChI=1S/C25H32ClN3O4/c1-7-17-11-13-18(14-12-17)22(23(31)28-21-16(2)9-8-10-19(21)26)29(6)20(30)15-27-24(32)33-25(3,4)5/h8-14,22H,7,15H2,1-6H3,(H,27,32)(H,28,31). The maximum atomic E-state index is 13.4. The van der Waals surface area contributed by atoms with Crippen molar-refractivity contribution >= 4 is 35.2 Å². The number of alkyl carbamates (subject to hydrolysis) is 1. The Kier molecular flexibility index (Phi) is 8.88. The predicted octanol–water partition coefficient (Wildman–Crippen LogP) is 4.87. The number of para-hydroxylation sites is 1. The fraction of sp³-hybridized carbons (Fsp3) is 0.400. The maximum Gasteiger partial charge on any atom is 0.408 e. The van der Waals surface area contributed by atoms with Crippen molar-refractivity contribution in [2.45, 2.75) is 52.7 Å². The molecule has 3 amide bonds. The fourth-order valence-corrected chi connectivity index (χ4v) is 3.47. The molecule has 0 aliphatic rings. The molecule has 1 unspecified atom stereocenters. The molecule has 0 radical (unpaired) electrons. The Morgan fingerprint density at radius 2 is 1.73 bits per heavy atom. The van der Waals surface area contributed by atoms with Crippen LogP contribution in [0.5, 0.6) is 0 Å². The Labute approximate surface area is 200 Å². The van der Waals surface area contributed by atoms with Gasteiger partial charge in [0.1, 0.15) is 18.2 Å². The van der Waals surface area contributed by atoms with Gasteiger partial charge >= 0.3 is 6.09 Å². The van der Waals surface area contributed by atoms with E-state index in [9.17, 15) is 14.4 Å². The summed E-state index contributed by atoms with van der Waals surface area (Å²) in [7, 11) is 1.52. The number of hydrogen-bond donors (Lipinski definition) is 2. The van der Waals surface area contributed by atoms with E-state index in [2.05, 4.69) is 10.6 Å². The number of benzene rings is 2. The van der Waals surface area contributed by atoms with Gasteiger partial charge in [0.15, 0.2) is 0 Å². The van der Waals surface area contributed by atoms with Crippen molar-refractivity contribution < 1.29 is 19.1 Å². The van der Waals surface area contributed by atoms with E-state index < -0.39 is 29.6 Å². The summed E-state index contributed by atoms with van der Waals surface area (Å²) in [6.07, 6.45) is 0.147. The van der Waals surface area contributed by atoms with Gasteiger partial charge in [-0.2, -0.15) is 0 Å². The van der Waals surface area contributed by atoms with Crippen LogP contribution >= 0.6 is 11.6 Å². The first-order valence-corrected chi connectivity index (χ1v) is 11.2. The first-order valence-electron chi connectivity index (χ1n) is 10.8. The molecule has 0 bridgehead atoms. The average Bonchev–Trinajstić information content (AvgIpc) is 2.74. The number of nitrogens with one attached hydrogen (secondary N) is 2. The maximum absolute atomic E-state index is 13.4. The molecule has 2 rings (SSSR count). The van der Waals surface area contributed by atoms with Crippen molar-refractivity contribution in [2.75, 3.05) is 18.9 Å². The van der Waals surface area contributed by atoms with Gasteiger partial charge < -0.3 is 20.3 Å². The summed E-state index contributed by atoms with van der Waals surface area (Å²) in [6.45, 7) is 8.77. The number of halogens is 1. The van der Waals surface area contributed by atoms with Gasteiger partial charge in [0.05, 0.1) is 10.7 Å². The normalized spacial score (nSPS) is 12.0. The van der Waals surface area contributed by atoms with E-state index in [-0.39, 0.29) is 6.54 Å². The number of carbonyl (C=O) groups excluding carboxylic acids is 3. The molecular weight excluding hydrogens is 442 g/mol. The minimum Gasteiger partial charge on any atom is -0.444 e. The number of nitrogens with zero attached hydrogens (tertiary/aromatic N) is 1. The second-order valence-corrected chi connectivity index (χ2v) is 9.19. The number of rotatable bonds is 7. The van der Waals surface area contributed by atoms with Crippen LogP contribution in [0.1, 0.15) is 50.4 Å². The van der Waals surface area contributed by atoms with E-state index in [1.54, 1.807) is 32.9 Å². The Morgan fingerprint density at radius 3 is 2.27 bits per heavy atom. The molecule has 0 heterocycles. The Hall–Kier alpha value is -3.06. The Bertz CT molecular complexity index is 979. The largest absolute Gasteiger partial charge is 0.444 e. The monoisotopic (exact) mass is 473 g/mol. The zero-order valence-corrected chi connectivity index (χ0v) is 20.7. The molecule has 178 valence electrons. The van der Waals surface area contributed by atoms with Crippen molar-refractivity contribution in [1.29, 1.82) is 0 Å². The molecule has 7 nitrogen and oxygen atoms in total. The summed E-state index contributed by atoms with van der Waals surface area (Å²) in [5.41, 5.74) is 2.36. The lowest BCUT2D eigenvalue weighted by Crippen LogP contribution is -2.44. The van der Waals surface area contributed by atoms with Crippen molar-refractivity contribution in [3.05, 3.63) is 64.2 Å². The van der Waals surface area contributed by atoms with Gasteiger partial charge in [-0.3, -0.25) is 9.59 Å². The average molecular weight is 474 g/mol. The van der Waals surface area contributed by atoms with Gasteiger partial charge in [-0.1, -0.05) is 54.9 Å². The second kappa shape index (κ2) is 11.2. The van der Waals surface area contributed by atoms with Gasteiger partial charge in [0.2, 0.25) is 5.91 Å². The van der Waals surface area contributed by atoms with Crippen molar-refractivity contribution in [1.82, 2.24) is 10.2 Å². The molecule has 0 spiro atoms. The molecule has 2 aromatic carbocycles. The first-order chi connectivity index (χ1) is 15.4. The van der Waals surface area contributed by atoms with Crippen LogP contribution in [0.4, 0.5) is 10.5 Å². The summed E-state index contributed by atoms with van der Waals surface area (Å²) in [5, 5.41) is 5.71. The van der Waals surface area contributed by atoms with Gasteiger partial charge in [0, 0.05) is 7.05 Å². The lowest BCUT2D eigenvalue weighted by atomic mass is 10.0. The molecule has 33 heavy (non-hydrogen) atoms. The minimum absolute atomic E-state index is 0.312. The van der Waals surface area contributed by atoms with E-state index in [0.29, 0.717) is 16.3 Å². The van der Waals surface area contributed by atoms with Gasteiger partial charge in [-0.15, -0.1) is 0 Å². The van der Waals surface area contributed by atoms with E-state index in [0.717, 1.165) is 17.5 Å². The summed E-state index contributed by atoms with van der Waals surface area (Å²) in [4.78, 5) is 39.5. The van der Waals surface area contributed by atoms with Crippen LogP contribution in [0.2, 0.25) is 5.02 Å². The number of anilines is 1. The molecule has 2 N–H and O–H groups in total. The van der Waals surface area contributed by atoms with Gasteiger partial charge in [0.25, 0.3) is 5.91 Å². The highest BCUT2D eigenvalue weighted by molar-refractivity contribution is 6.34. The third-order valence-electron chi connectivity index (χ3n) is 4.99. The lowest BCUT2D eigenvalue weighted by molar-refractivity contribution is -0.136. The molecule has 2 aromatic rings. The van der Waals surface area contributed by atoms with Crippen LogP contribution in [0, 0.1) is 6.92 Å². The van der Waals surface area contributed by atoms with Crippen LogP contribution in [-0.2, 0) is 20.7 Å². The molecule has 0 aliphatic carbocycles. The van der Waals surface area contributed by atoms with Crippen molar-refractivity contribution in [3.63, 3.8) is 0 Å². The van der Waals surface area contributed by atoms with E-state index in [1.165, 1.54) is 11.9 Å². The summed E-state index contributed by atoms with van der Waals surface area (Å²) < 4.78 is 5.18. The quantitative estimate of drug-likeness (QED) is 0.600. The topological polar surface area (TPSA) is 87.7 Å². The van der Waals surface area contributed by atoms with Gasteiger partial charge in [-0.05, 0) is 56.9 Å². The zero-order chi connectivity index (χ0) is 24.8. The number of amides is 3. The molecule has 1 atom stereocenters. The third kappa shape index (κ3) is 7.49. The molecule has 0 aliphatic heterocycles. The fourth-order valence-electron chi connectivity index (χ4n) is 3.20.